The molecule has 1 rings (SSSR count). The quantitative estimate of drug-likeness (QED) is 0.0263. The molecule has 13 heteroatoms. The summed E-state index contributed by atoms with van der Waals surface area (Å²) in [6.07, 6.45) is 29.5. The molecule has 59 heavy (non-hydrogen) atoms. The Labute approximate surface area is 361 Å². The molecule has 2 N–H and O–H groups in total. The van der Waals surface area contributed by atoms with E-state index in [1.807, 2.05) is 35.0 Å². The number of hydrogen-bond acceptors (Lipinski definition) is 10. The summed E-state index contributed by atoms with van der Waals surface area (Å²) in [4.78, 5) is 35.7. The number of likely N-dealkylation sites (N-methyl/N-ethyl adjacent to an activating group) is 1. The number of phosphoric acid groups is 1. The topological polar surface area (TPSA) is 141 Å². The lowest BCUT2D eigenvalue weighted by molar-refractivity contribution is -0.870. The number of esters is 2. The standard InChI is InChI=1S/C46H91N2O10P/c1-8-10-12-14-16-17-18-19-20-21-22-25-29-33-43(49)54-39-42(40-57-59(52,53)56-38-37-48(5,6)7)58-44(50)34-30-26-23-24-28-32-36-46(35-31-27-15-13-11-9-2)47(51)45(3,4)41-55-46/h42,51H,8-41H2,1-7H3/p+1/t42-,46?/m1/s1. The molecule has 0 aromatic rings. The van der Waals surface area contributed by atoms with E-state index in [-0.39, 0.29) is 32.0 Å². The van der Waals surface area contributed by atoms with E-state index < -0.39 is 37.8 Å². The number of carbonyl (C=O) groups excluding carboxylic acids is 2. The predicted molar refractivity (Wildman–Crippen MR) is 237 cm³/mol. The second-order valence-corrected chi connectivity index (χ2v) is 20.4. The van der Waals surface area contributed by atoms with Crippen molar-refractivity contribution in [2.24, 2.45) is 0 Å². The average Bonchev–Trinajstić information content (AvgIpc) is 3.40. The van der Waals surface area contributed by atoms with Crippen LogP contribution in [0.1, 0.15) is 214 Å². The number of carbonyl (C=O) groups is 2. The molecule has 0 aromatic carbocycles. The highest BCUT2D eigenvalue weighted by Crippen LogP contribution is 2.43. The van der Waals surface area contributed by atoms with Gasteiger partial charge in [0, 0.05) is 12.8 Å². The Morgan fingerprint density at radius 2 is 1.08 bits per heavy atom. The van der Waals surface area contributed by atoms with Gasteiger partial charge in [-0.1, -0.05) is 149 Å². The minimum Gasteiger partial charge on any atom is -0.462 e. The monoisotopic (exact) mass is 864 g/mol. The molecular weight excluding hydrogens is 771 g/mol. The van der Waals surface area contributed by atoms with Gasteiger partial charge in [0.2, 0.25) is 0 Å². The lowest BCUT2D eigenvalue weighted by atomic mass is 9.95. The molecule has 0 radical (unpaired) electrons. The average molecular weight is 864 g/mol. The van der Waals surface area contributed by atoms with Crippen molar-refractivity contribution in [3.8, 4) is 0 Å². The zero-order valence-electron chi connectivity index (χ0n) is 39.1. The predicted octanol–water partition coefficient (Wildman–Crippen LogP) is 11.8. The van der Waals surface area contributed by atoms with Crippen LogP contribution in [0.25, 0.3) is 0 Å². The van der Waals surface area contributed by atoms with E-state index in [1.54, 1.807) is 0 Å². The molecule has 0 spiro atoms. The van der Waals surface area contributed by atoms with Crippen molar-refractivity contribution in [3.63, 3.8) is 0 Å². The highest BCUT2D eigenvalue weighted by molar-refractivity contribution is 7.47. The first-order valence-electron chi connectivity index (χ1n) is 24.0. The molecule has 1 fully saturated rings. The Kier molecular flexibility index (Phi) is 30.8. The van der Waals surface area contributed by atoms with Crippen molar-refractivity contribution in [3.05, 3.63) is 0 Å². The Hall–Kier alpha value is -1.11. The number of ether oxygens (including phenoxy) is 3. The Bertz CT molecular complexity index is 1120. The summed E-state index contributed by atoms with van der Waals surface area (Å²) >= 11 is 0. The highest BCUT2D eigenvalue weighted by Gasteiger charge is 2.50. The molecule has 1 aliphatic rings. The summed E-state index contributed by atoms with van der Waals surface area (Å²) in [7, 11) is 1.42. The van der Waals surface area contributed by atoms with Crippen molar-refractivity contribution in [2.45, 2.75) is 231 Å². The van der Waals surface area contributed by atoms with Gasteiger partial charge in [-0.25, -0.2) is 4.57 Å². The van der Waals surface area contributed by atoms with Crippen LogP contribution in [0.3, 0.4) is 0 Å². The maximum Gasteiger partial charge on any atom is 0.472 e. The molecule has 3 atom stereocenters. The number of phosphoric ester groups is 1. The molecule has 0 aromatic heterocycles. The van der Waals surface area contributed by atoms with Crippen molar-refractivity contribution < 1.29 is 52.0 Å². The normalized spacial score (nSPS) is 18.5. The summed E-state index contributed by atoms with van der Waals surface area (Å²) < 4.78 is 40.8. The summed E-state index contributed by atoms with van der Waals surface area (Å²) in [5, 5.41) is 12.6. The van der Waals surface area contributed by atoms with Gasteiger partial charge in [-0.15, -0.1) is 0 Å². The summed E-state index contributed by atoms with van der Waals surface area (Å²) in [6.45, 7) is 8.88. The van der Waals surface area contributed by atoms with E-state index >= 15 is 0 Å². The maximum atomic E-state index is 12.8. The number of unbranched alkanes of at least 4 members (excludes halogenated alkanes) is 22. The van der Waals surface area contributed by atoms with E-state index in [2.05, 4.69) is 13.8 Å². The fourth-order valence-corrected chi connectivity index (χ4v) is 8.32. The Morgan fingerprint density at radius 1 is 0.661 bits per heavy atom. The second kappa shape index (κ2) is 32.5. The van der Waals surface area contributed by atoms with Crippen LogP contribution in [0.5, 0.6) is 0 Å². The number of rotatable bonds is 40. The van der Waals surface area contributed by atoms with Crippen LogP contribution in [0, 0.1) is 0 Å². The minimum atomic E-state index is -4.41. The number of hydrogen-bond donors (Lipinski definition) is 2. The van der Waals surface area contributed by atoms with Gasteiger partial charge in [0.05, 0.1) is 39.9 Å². The van der Waals surface area contributed by atoms with Gasteiger partial charge in [-0.3, -0.25) is 18.6 Å². The van der Waals surface area contributed by atoms with Gasteiger partial charge in [0.1, 0.15) is 25.5 Å². The summed E-state index contributed by atoms with van der Waals surface area (Å²) in [5.41, 5.74) is -1.01. The molecule has 0 bridgehead atoms. The number of nitrogens with zero attached hydrogens (tertiary/aromatic N) is 2. The Balaban J connectivity index is 2.44. The van der Waals surface area contributed by atoms with E-state index in [4.69, 9.17) is 23.3 Å². The van der Waals surface area contributed by atoms with Crippen molar-refractivity contribution in [1.29, 1.82) is 0 Å². The second-order valence-electron chi connectivity index (χ2n) is 18.9. The first kappa shape index (κ1) is 55.9. The zero-order chi connectivity index (χ0) is 43.9. The molecule has 350 valence electrons. The van der Waals surface area contributed by atoms with Gasteiger partial charge >= 0.3 is 19.8 Å². The van der Waals surface area contributed by atoms with Crippen LogP contribution >= 0.6 is 7.82 Å². The third-order valence-corrected chi connectivity index (χ3v) is 12.4. The van der Waals surface area contributed by atoms with E-state index in [1.165, 1.54) is 95.0 Å². The first-order chi connectivity index (χ1) is 28.1. The van der Waals surface area contributed by atoms with Crippen LogP contribution in [0.2, 0.25) is 0 Å². The molecule has 0 amide bonds. The van der Waals surface area contributed by atoms with Crippen LogP contribution in [-0.4, -0.2) is 103 Å². The molecule has 12 nitrogen and oxygen atoms in total. The van der Waals surface area contributed by atoms with Crippen LogP contribution < -0.4 is 0 Å². The smallest absolute Gasteiger partial charge is 0.462 e. The van der Waals surface area contributed by atoms with Gasteiger partial charge in [-0.05, 0) is 52.4 Å². The molecule has 0 aliphatic carbocycles. The van der Waals surface area contributed by atoms with Gasteiger partial charge in [-0.2, -0.15) is 5.06 Å². The Morgan fingerprint density at radius 3 is 1.51 bits per heavy atom. The van der Waals surface area contributed by atoms with Crippen LogP contribution in [0.4, 0.5) is 0 Å². The molecular formula is C46H92N2O10P+. The lowest BCUT2D eigenvalue weighted by Crippen LogP contribution is -2.50. The van der Waals surface area contributed by atoms with Crippen molar-refractivity contribution >= 4 is 19.8 Å². The molecule has 1 saturated heterocycles. The minimum absolute atomic E-state index is 0.0156. The maximum absolute atomic E-state index is 12.8. The summed E-state index contributed by atoms with van der Waals surface area (Å²) in [6, 6.07) is 0. The zero-order valence-corrected chi connectivity index (χ0v) is 40.0. The SMILES string of the molecule is CCCCCCCCCCCCCCCC(=O)OC[C@H](COP(=O)(O)OCC[N+](C)(C)C)OC(=O)CCCCCCCCC1(CCCCCCCC)OCC(C)(C)N1O. The molecule has 0 saturated carbocycles. The first-order valence-corrected chi connectivity index (χ1v) is 25.5. The molecule has 1 heterocycles. The highest BCUT2D eigenvalue weighted by atomic mass is 31.2. The lowest BCUT2D eigenvalue weighted by Gasteiger charge is -2.37. The van der Waals surface area contributed by atoms with E-state index in [0.29, 0.717) is 24.1 Å². The largest absolute Gasteiger partial charge is 0.472 e. The number of hydroxylamine groups is 2. The van der Waals surface area contributed by atoms with Gasteiger partial charge in [0.25, 0.3) is 0 Å². The van der Waals surface area contributed by atoms with Crippen LogP contribution in [-0.2, 0) is 37.4 Å². The third-order valence-electron chi connectivity index (χ3n) is 11.4. The van der Waals surface area contributed by atoms with E-state index in [0.717, 1.165) is 77.0 Å². The van der Waals surface area contributed by atoms with Gasteiger partial charge in [0.15, 0.2) is 6.10 Å². The van der Waals surface area contributed by atoms with E-state index in [9.17, 15) is 24.3 Å². The molecule has 1 aliphatic heterocycles. The fourth-order valence-electron chi connectivity index (χ4n) is 7.58. The molecule has 2 unspecified atom stereocenters. The third kappa shape index (κ3) is 29.0. The van der Waals surface area contributed by atoms with Crippen LogP contribution in [0.15, 0.2) is 0 Å². The summed E-state index contributed by atoms with van der Waals surface area (Å²) in [5.74, 6) is -0.853. The van der Waals surface area contributed by atoms with Crippen molar-refractivity contribution in [2.75, 3.05) is 54.1 Å². The fraction of sp³-hybridized carbons (Fsp3) is 0.957. The van der Waals surface area contributed by atoms with Crippen molar-refractivity contribution in [1.82, 2.24) is 5.06 Å². The number of quaternary nitrogens is 1. The van der Waals surface area contributed by atoms with Gasteiger partial charge < -0.3 is 28.8 Å².